The fourth-order valence-corrected chi connectivity index (χ4v) is 2.25. The van der Waals surface area contributed by atoms with Crippen LogP contribution in [-0.2, 0) is 4.79 Å². The number of terminal acetylenes is 1. The van der Waals surface area contributed by atoms with E-state index in [1.165, 1.54) is 24.4 Å². The number of hydrogen-bond acceptors (Lipinski definition) is 4. The molecule has 0 aliphatic rings. The van der Waals surface area contributed by atoms with Crippen LogP contribution in [0.25, 0.3) is 0 Å². The monoisotopic (exact) mass is 403 g/mol. The maximum Gasteiger partial charge on any atom is 0.259 e. The van der Waals surface area contributed by atoms with Crippen molar-refractivity contribution in [1.29, 1.82) is 0 Å². The molecule has 2 aromatic rings. The Morgan fingerprint density at radius 3 is 2.70 bits per heavy atom. The van der Waals surface area contributed by atoms with Crippen molar-refractivity contribution < 1.29 is 14.3 Å². The van der Waals surface area contributed by atoms with Crippen LogP contribution in [0.1, 0.15) is 15.9 Å². The third-order valence-corrected chi connectivity index (χ3v) is 3.95. The summed E-state index contributed by atoms with van der Waals surface area (Å²) in [7, 11) is 0. The molecule has 6 nitrogen and oxygen atoms in total. The van der Waals surface area contributed by atoms with E-state index in [4.69, 9.17) is 34.4 Å². The van der Waals surface area contributed by atoms with Gasteiger partial charge in [-0.1, -0.05) is 41.3 Å². The molecule has 0 saturated carbocycles. The lowest BCUT2D eigenvalue weighted by atomic mass is 10.2. The Kier molecular flexibility index (Phi) is 7.68. The van der Waals surface area contributed by atoms with Crippen LogP contribution < -0.4 is 15.5 Å². The summed E-state index contributed by atoms with van der Waals surface area (Å²) in [5.74, 6) is 1.96. The van der Waals surface area contributed by atoms with Crippen molar-refractivity contribution in [3.05, 3.63) is 63.6 Å². The van der Waals surface area contributed by atoms with E-state index in [0.717, 1.165) is 0 Å². The van der Waals surface area contributed by atoms with Crippen LogP contribution in [0.2, 0.25) is 10.0 Å². The molecule has 2 rings (SSSR count). The number of hydrazone groups is 1. The maximum atomic E-state index is 12.0. The number of nitrogens with one attached hydrogen (secondary N) is 2. The molecule has 0 saturated heterocycles. The largest absolute Gasteiger partial charge is 0.480 e. The SMILES string of the molecule is C#CCOc1ccccc1/C=N/NC(=O)CNC(=O)c1ccc(Cl)c(Cl)c1. The lowest BCUT2D eigenvalue weighted by molar-refractivity contribution is -0.120. The molecule has 0 aliphatic carbocycles. The van der Waals surface area contributed by atoms with E-state index in [9.17, 15) is 9.59 Å². The van der Waals surface area contributed by atoms with Gasteiger partial charge in [0.2, 0.25) is 0 Å². The zero-order valence-electron chi connectivity index (χ0n) is 14.0. The minimum Gasteiger partial charge on any atom is -0.480 e. The predicted molar refractivity (Wildman–Crippen MR) is 105 cm³/mol. The standard InChI is InChI=1S/C19H15Cl2N3O3/c1-2-9-27-17-6-4-3-5-14(17)11-23-24-18(25)12-22-19(26)13-7-8-15(20)16(21)10-13/h1,3-8,10-11H,9,12H2,(H,22,26)(H,24,25)/b23-11+. The van der Waals surface area contributed by atoms with Crippen LogP contribution >= 0.6 is 23.2 Å². The Balaban J connectivity index is 1.86. The van der Waals surface area contributed by atoms with Crippen molar-refractivity contribution in [2.45, 2.75) is 0 Å². The summed E-state index contributed by atoms with van der Waals surface area (Å²) in [6, 6.07) is 11.5. The second kappa shape index (κ2) is 10.2. The molecule has 0 atom stereocenters. The van der Waals surface area contributed by atoms with E-state index in [1.54, 1.807) is 24.3 Å². The van der Waals surface area contributed by atoms with Gasteiger partial charge < -0.3 is 10.1 Å². The minimum atomic E-state index is -0.498. The zero-order chi connectivity index (χ0) is 19.6. The van der Waals surface area contributed by atoms with Gasteiger partial charge in [0, 0.05) is 11.1 Å². The molecule has 27 heavy (non-hydrogen) atoms. The Bertz CT molecular complexity index is 907. The predicted octanol–water partition coefficient (Wildman–Crippen LogP) is 2.89. The highest BCUT2D eigenvalue weighted by atomic mass is 35.5. The molecule has 2 amide bonds. The quantitative estimate of drug-likeness (QED) is 0.423. The minimum absolute atomic E-state index is 0.123. The molecule has 0 heterocycles. The first-order valence-corrected chi connectivity index (χ1v) is 8.47. The summed E-state index contributed by atoms with van der Waals surface area (Å²) < 4.78 is 5.37. The van der Waals surface area contributed by atoms with Crippen molar-refractivity contribution in [1.82, 2.24) is 10.7 Å². The summed E-state index contributed by atoms with van der Waals surface area (Å²) in [6.07, 6.45) is 6.59. The lowest BCUT2D eigenvalue weighted by Crippen LogP contribution is -2.34. The number of benzene rings is 2. The van der Waals surface area contributed by atoms with E-state index in [0.29, 0.717) is 21.9 Å². The number of rotatable bonds is 7. The van der Waals surface area contributed by atoms with Gasteiger partial charge in [-0.05, 0) is 30.3 Å². The number of para-hydroxylation sites is 1. The molecule has 8 heteroatoms. The second-order valence-corrected chi connectivity index (χ2v) is 5.95. The summed E-state index contributed by atoms with van der Waals surface area (Å²) >= 11 is 11.7. The van der Waals surface area contributed by atoms with Crippen molar-refractivity contribution in [3.63, 3.8) is 0 Å². The van der Waals surface area contributed by atoms with Crippen molar-refractivity contribution >= 4 is 41.2 Å². The van der Waals surface area contributed by atoms with Gasteiger partial charge in [0.15, 0.2) is 0 Å². The average Bonchev–Trinajstić information content (AvgIpc) is 2.67. The van der Waals surface area contributed by atoms with E-state index in [2.05, 4.69) is 21.8 Å². The van der Waals surface area contributed by atoms with Crippen LogP contribution in [0.5, 0.6) is 5.75 Å². The van der Waals surface area contributed by atoms with Crippen LogP contribution in [0.15, 0.2) is 47.6 Å². The topological polar surface area (TPSA) is 79.8 Å². The van der Waals surface area contributed by atoms with Gasteiger partial charge in [-0.15, -0.1) is 6.42 Å². The van der Waals surface area contributed by atoms with E-state index >= 15 is 0 Å². The Morgan fingerprint density at radius 2 is 1.96 bits per heavy atom. The molecule has 0 unspecified atom stereocenters. The van der Waals surface area contributed by atoms with Crippen LogP contribution in [-0.4, -0.2) is 31.2 Å². The first kappa shape index (κ1) is 20.3. The molecular formula is C19H15Cl2N3O3. The molecule has 0 fully saturated rings. The fourth-order valence-electron chi connectivity index (χ4n) is 1.95. The first-order chi connectivity index (χ1) is 13.0. The van der Waals surface area contributed by atoms with Crippen molar-refractivity contribution in [2.75, 3.05) is 13.2 Å². The number of carbonyl (C=O) groups is 2. The number of carbonyl (C=O) groups excluding carboxylic acids is 2. The Labute approximate surface area is 166 Å². The fraction of sp³-hybridized carbons (Fsp3) is 0.105. The molecule has 0 bridgehead atoms. The summed E-state index contributed by atoms with van der Waals surface area (Å²) in [5.41, 5.74) is 3.25. The van der Waals surface area contributed by atoms with Gasteiger partial charge in [-0.25, -0.2) is 5.43 Å². The van der Waals surface area contributed by atoms with Gasteiger partial charge in [0.1, 0.15) is 12.4 Å². The molecule has 2 N–H and O–H groups in total. The average molecular weight is 404 g/mol. The molecular weight excluding hydrogens is 389 g/mol. The third kappa shape index (κ3) is 6.33. The van der Waals surface area contributed by atoms with Gasteiger partial charge in [-0.2, -0.15) is 5.10 Å². The van der Waals surface area contributed by atoms with Crippen molar-refractivity contribution in [3.8, 4) is 18.1 Å². The first-order valence-electron chi connectivity index (χ1n) is 7.71. The highest BCUT2D eigenvalue weighted by Gasteiger charge is 2.09. The molecule has 0 aromatic heterocycles. The van der Waals surface area contributed by atoms with Gasteiger partial charge in [-0.3, -0.25) is 9.59 Å². The third-order valence-electron chi connectivity index (χ3n) is 3.21. The van der Waals surface area contributed by atoms with Crippen LogP contribution in [0.4, 0.5) is 0 Å². The van der Waals surface area contributed by atoms with Gasteiger partial charge in [0.05, 0.1) is 22.8 Å². The number of halogens is 2. The number of nitrogens with zero attached hydrogens (tertiary/aromatic N) is 1. The van der Waals surface area contributed by atoms with E-state index in [1.807, 2.05) is 0 Å². The smallest absolute Gasteiger partial charge is 0.259 e. The maximum absolute atomic E-state index is 12.0. The Hall–Kier alpha value is -3.01. The Morgan fingerprint density at radius 1 is 1.19 bits per heavy atom. The molecule has 0 aliphatic heterocycles. The summed E-state index contributed by atoms with van der Waals surface area (Å²) in [4.78, 5) is 23.8. The molecule has 0 radical (unpaired) electrons. The van der Waals surface area contributed by atoms with Crippen molar-refractivity contribution in [2.24, 2.45) is 5.10 Å². The second-order valence-electron chi connectivity index (χ2n) is 5.14. The van der Waals surface area contributed by atoms with Gasteiger partial charge >= 0.3 is 0 Å². The molecule has 0 spiro atoms. The summed E-state index contributed by atoms with van der Waals surface area (Å²) in [5, 5.41) is 6.89. The molecule has 138 valence electrons. The zero-order valence-corrected chi connectivity index (χ0v) is 15.6. The van der Waals surface area contributed by atoms with E-state index < -0.39 is 11.8 Å². The normalized spacial score (nSPS) is 10.3. The number of ether oxygens (including phenoxy) is 1. The number of hydrogen-bond donors (Lipinski definition) is 2. The van der Waals surface area contributed by atoms with E-state index in [-0.39, 0.29) is 18.2 Å². The number of amides is 2. The van der Waals surface area contributed by atoms with Crippen LogP contribution in [0.3, 0.4) is 0 Å². The summed E-state index contributed by atoms with van der Waals surface area (Å²) in [6.45, 7) is -0.135. The highest BCUT2D eigenvalue weighted by molar-refractivity contribution is 6.42. The van der Waals surface area contributed by atoms with Crippen LogP contribution in [0, 0.1) is 12.3 Å². The highest BCUT2D eigenvalue weighted by Crippen LogP contribution is 2.22. The molecule has 2 aromatic carbocycles. The van der Waals surface area contributed by atoms with Gasteiger partial charge in [0.25, 0.3) is 11.8 Å². The lowest BCUT2D eigenvalue weighted by Gasteiger charge is -2.06.